The maximum Gasteiger partial charge on any atom is 0.146 e. The lowest BCUT2D eigenvalue weighted by atomic mass is 10.1. The van der Waals surface area contributed by atoms with Gasteiger partial charge >= 0.3 is 0 Å². The molecule has 0 aliphatic heterocycles. The van der Waals surface area contributed by atoms with E-state index in [0.29, 0.717) is 6.54 Å². The Labute approximate surface area is 144 Å². The molecule has 4 aromatic rings. The Kier molecular flexibility index (Phi) is 3.62. The van der Waals surface area contributed by atoms with Crippen LogP contribution in [-0.2, 0) is 6.54 Å². The number of hydrogen-bond donors (Lipinski definition) is 0. The summed E-state index contributed by atoms with van der Waals surface area (Å²) in [6.07, 6.45) is 0. The fraction of sp³-hybridized carbons (Fsp3) is 0.158. The lowest BCUT2D eigenvalue weighted by molar-refractivity contribution is 0.393. The van der Waals surface area contributed by atoms with Crippen LogP contribution in [0.4, 0.5) is 0 Å². The van der Waals surface area contributed by atoms with Crippen molar-refractivity contribution < 1.29 is 4.52 Å². The maximum absolute atomic E-state index is 6.14. The Morgan fingerprint density at radius 1 is 1.08 bits per heavy atom. The lowest BCUT2D eigenvalue weighted by Gasteiger charge is -2.09. The van der Waals surface area contributed by atoms with Crippen LogP contribution in [-0.4, -0.2) is 14.7 Å². The predicted octanol–water partition coefficient (Wildman–Crippen LogP) is 5.01. The van der Waals surface area contributed by atoms with Gasteiger partial charge in [-0.1, -0.05) is 41.0 Å². The number of aryl methyl sites for hydroxylation is 2. The van der Waals surface area contributed by atoms with Gasteiger partial charge < -0.3 is 9.09 Å². The van der Waals surface area contributed by atoms with Gasteiger partial charge in [-0.05, 0) is 43.7 Å². The molecule has 120 valence electrons. The van der Waals surface area contributed by atoms with Gasteiger partial charge in [0.2, 0.25) is 0 Å². The monoisotopic (exact) mass is 337 g/mol. The first-order valence-electron chi connectivity index (χ1n) is 7.76. The standard InChI is InChI=1S/C19H16ClN3O/c1-12-18(13(2)24-22-12)19-21-16-8-3-4-9-17(16)23(19)11-14-6-5-7-15(20)10-14/h3-10H,11H2,1-2H3. The zero-order valence-corrected chi connectivity index (χ0v) is 14.2. The highest BCUT2D eigenvalue weighted by Crippen LogP contribution is 2.30. The molecule has 0 fully saturated rings. The van der Waals surface area contributed by atoms with Crippen molar-refractivity contribution >= 4 is 22.6 Å². The van der Waals surface area contributed by atoms with E-state index in [1.54, 1.807) is 0 Å². The summed E-state index contributed by atoms with van der Waals surface area (Å²) in [7, 11) is 0. The highest BCUT2D eigenvalue weighted by molar-refractivity contribution is 6.30. The number of halogens is 1. The Hall–Kier alpha value is -2.59. The molecule has 2 aromatic heterocycles. The van der Waals surface area contributed by atoms with Crippen molar-refractivity contribution in [2.45, 2.75) is 20.4 Å². The van der Waals surface area contributed by atoms with E-state index in [-0.39, 0.29) is 0 Å². The third kappa shape index (κ3) is 2.49. The molecule has 0 bridgehead atoms. The number of imidazole rings is 1. The molecular weight excluding hydrogens is 322 g/mol. The van der Waals surface area contributed by atoms with Gasteiger partial charge in [0.15, 0.2) is 0 Å². The van der Waals surface area contributed by atoms with E-state index in [0.717, 1.165) is 44.5 Å². The van der Waals surface area contributed by atoms with Crippen LogP contribution in [0.15, 0.2) is 53.1 Å². The molecule has 4 rings (SSSR count). The van der Waals surface area contributed by atoms with Gasteiger partial charge in [-0.3, -0.25) is 0 Å². The zero-order valence-electron chi connectivity index (χ0n) is 13.5. The predicted molar refractivity (Wildman–Crippen MR) is 95.3 cm³/mol. The van der Waals surface area contributed by atoms with E-state index < -0.39 is 0 Å². The van der Waals surface area contributed by atoms with Crippen molar-refractivity contribution in [3.05, 3.63) is 70.6 Å². The van der Waals surface area contributed by atoms with Crippen molar-refractivity contribution in [2.75, 3.05) is 0 Å². The van der Waals surface area contributed by atoms with Gasteiger partial charge in [-0.2, -0.15) is 0 Å². The molecular formula is C19H16ClN3O. The van der Waals surface area contributed by atoms with Crippen molar-refractivity contribution in [2.24, 2.45) is 0 Å². The van der Waals surface area contributed by atoms with Crippen molar-refractivity contribution in [3.63, 3.8) is 0 Å². The minimum absolute atomic E-state index is 0.681. The number of hydrogen-bond acceptors (Lipinski definition) is 3. The topological polar surface area (TPSA) is 43.9 Å². The molecule has 0 aliphatic rings. The summed E-state index contributed by atoms with van der Waals surface area (Å²) in [6, 6.07) is 16.0. The van der Waals surface area contributed by atoms with E-state index in [4.69, 9.17) is 21.1 Å². The first-order valence-corrected chi connectivity index (χ1v) is 8.14. The number of para-hydroxylation sites is 2. The number of fused-ring (bicyclic) bond motifs is 1. The number of benzene rings is 2. The van der Waals surface area contributed by atoms with E-state index in [1.165, 1.54) is 0 Å². The summed E-state index contributed by atoms with van der Waals surface area (Å²) in [5, 5.41) is 4.81. The summed E-state index contributed by atoms with van der Waals surface area (Å²) in [5.74, 6) is 1.64. The molecule has 0 unspecified atom stereocenters. The van der Waals surface area contributed by atoms with Gasteiger partial charge in [0.25, 0.3) is 0 Å². The Balaban J connectivity index is 1.94. The van der Waals surface area contributed by atoms with Gasteiger partial charge in [0, 0.05) is 11.6 Å². The molecule has 0 saturated carbocycles. The Morgan fingerprint density at radius 3 is 2.67 bits per heavy atom. The summed E-state index contributed by atoms with van der Waals surface area (Å²) in [6.45, 7) is 4.54. The van der Waals surface area contributed by atoms with Crippen LogP contribution in [0.5, 0.6) is 0 Å². The van der Waals surface area contributed by atoms with Gasteiger partial charge in [-0.25, -0.2) is 4.98 Å². The molecule has 0 saturated heterocycles. The zero-order chi connectivity index (χ0) is 16.7. The average molecular weight is 338 g/mol. The molecule has 4 nitrogen and oxygen atoms in total. The fourth-order valence-electron chi connectivity index (χ4n) is 3.05. The molecule has 24 heavy (non-hydrogen) atoms. The largest absolute Gasteiger partial charge is 0.361 e. The molecule has 0 aliphatic carbocycles. The molecule has 0 amide bonds. The van der Waals surface area contributed by atoms with Crippen molar-refractivity contribution in [3.8, 4) is 11.4 Å². The number of rotatable bonds is 3. The van der Waals surface area contributed by atoms with Gasteiger partial charge in [0.05, 0.1) is 22.3 Å². The molecule has 2 heterocycles. The van der Waals surface area contributed by atoms with E-state index >= 15 is 0 Å². The normalized spacial score (nSPS) is 11.3. The SMILES string of the molecule is Cc1noc(C)c1-c1nc2ccccc2n1Cc1cccc(Cl)c1. The van der Waals surface area contributed by atoms with Gasteiger partial charge in [0.1, 0.15) is 11.6 Å². The second-order valence-corrected chi connectivity index (χ2v) is 6.28. The minimum Gasteiger partial charge on any atom is -0.361 e. The van der Waals surface area contributed by atoms with E-state index in [2.05, 4.69) is 21.9 Å². The minimum atomic E-state index is 0.681. The second-order valence-electron chi connectivity index (χ2n) is 5.84. The third-order valence-corrected chi connectivity index (χ3v) is 4.38. The van der Waals surface area contributed by atoms with Crippen molar-refractivity contribution in [1.29, 1.82) is 0 Å². The summed E-state index contributed by atoms with van der Waals surface area (Å²) in [4.78, 5) is 4.83. The molecule has 0 spiro atoms. The number of aromatic nitrogens is 3. The van der Waals surface area contributed by atoms with Gasteiger partial charge in [-0.15, -0.1) is 0 Å². The van der Waals surface area contributed by atoms with Crippen LogP contribution in [0, 0.1) is 13.8 Å². The summed E-state index contributed by atoms with van der Waals surface area (Å²) >= 11 is 6.14. The van der Waals surface area contributed by atoms with Crippen LogP contribution in [0.1, 0.15) is 17.0 Å². The summed E-state index contributed by atoms with van der Waals surface area (Å²) < 4.78 is 7.53. The smallest absolute Gasteiger partial charge is 0.146 e. The quantitative estimate of drug-likeness (QED) is 0.528. The number of nitrogens with zero attached hydrogens (tertiary/aromatic N) is 3. The van der Waals surface area contributed by atoms with E-state index in [1.807, 2.05) is 50.2 Å². The Morgan fingerprint density at radius 2 is 1.92 bits per heavy atom. The van der Waals surface area contributed by atoms with Crippen molar-refractivity contribution in [1.82, 2.24) is 14.7 Å². The highest BCUT2D eigenvalue weighted by atomic mass is 35.5. The fourth-order valence-corrected chi connectivity index (χ4v) is 3.26. The molecule has 2 aromatic carbocycles. The van der Waals surface area contributed by atoms with Crippen LogP contribution in [0.25, 0.3) is 22.4 Å². The van der Waals surface area contributed by atoms with E-state index in [9.17, 15) is 0 Å². The second kappa shape index (κ2) is 5.80. The molecule has 0 radical (unpaired) electrons. The van der Waals surface area contributed by atoms with Crippen LogP contribution in [0.2, 0.25) is 5.02 Å². The molecule has 5 heteroatoms. The lowest BCUT2D eigenvalue weighted by Crippen LogP contribution is -2.03. The first kappa shape index (κ1) is 15.0. The molecule has 0 atom stereocenters. The Bertz CT molecular complexity index is 1010. The first-order chi connectivity index (χ1) is 11.6. The summed E-state index contributed by atoms with van der Waals surface area (Å²) in [5.41, 5.74) is 4.95. The maximum atomic E-state index is 6.14. The average Bonchev–Trinajstić information content (AvgIpc) is 3.08. The van der Waals surface area contributed by atoms with Crippen LogP contribution >= 0.6 is 11.6 Å². The highest BCUT2D eigenvalue weighted by Gasteiger charge is 2.19. The molecule has 0 N–H and O–H groups in total. The van der Waals surface area contributed by atoms with Crippen LogP contribution < -0.4 is 0 Å². The third-order valence-electron chi connectivity index (χ3n) is 4.14. The van der Waals surface area contributed by atoms with Crippen LogP contribution in [0.3, 0.4) is 0 Å².